The van der Waals surface area contributed by atoms with Gasteiger partial charge < -0.3 is 0 Å². The molecule has 0 atom stereocenters. The molecule has 0 bridgehead atoms. The van der Waals surface area contributed by atoms with Crippen LogP contribution in [-0.4, -0.2) is 43.1 Å². The first-order valence-electron chi connectivity index (χ1n) is 5.12. The molecule has 0 N–H and O–H groups in total. The Hall–Kier alpha value is -1.51. The predicted octanol–water partition coefficient (Wildman–Crippen LogP) is 0.833. The van der Waals surface area contributed by atoms with Crippen molar-refractivity contribution < 1.29 is 13.3 Å². The molecule has 0 aliphatic rings. The molecule has 0 aliphatic heterocycles. The number of nitro benzene ring substituents is 1. The van der Waals surface area contributed by atoms with E-state index in [1.807, 2.05) is 0 Å². The Morgan fingerprint density at radius 1 is 1.17 bits per heavy atom. The van der Waals surface area contributed by atoms with E-state index in [9.17, 15) is 18.5 Å². The summed E-state index contributed by atoms with van der Waals surface area (Å²) >= 11 is 0. The number of non-ortho nitro benzene ring substituents is 1. The van der Waals surface area contributed by atoms with Crippen molar-refractivity contribution >= 4 is 15.9 Å². The van der Waals surface area contributed by atoms with Gasteiger partial charge >= 0.3 is 0 Å². The highest BCUT2D eigenvalue weighted by Gasteiger charge is 2.20. The molecule has 1 aromatic rings. The van der Waals surface area contributed by atoms with Crippen molar-refractivity contribution in [1.29, 1.82) is 0 Å². The van der Waals surface area contributed by atoms with Crippen LogP contribution in [0.1, 0.15) is 5.56 Å². The maximum absolute atomic E-state index is 11.8. The van der Waals surface area contributed by atoms with Crippen molar-refractivity contribution in [1.82, 2.24) is 8.61 Å². The van der Waals surface area contributed by atoms with Gasteiger partial charge in [-0.3, -0.25) is 10.1 Å². The van der Waals surface area contributed by atoms with Gasteiger partial charge in [0.1, 0.15) is 0 Å². The third kappa shape index (κ3) is 3.25. The molecular formula is C10H15N3O4S. The monoisotopic (exact) mass is 273 g/mol. The van der Waals surface area contributed by atoms with Crippen LogP contribution in [0.25, 0.3) is 0 Å². The van der Waals surface area contributed by atoms with Gasteiger partial charge in [-0.2, -0.15) is 17.0 Å². The van der Waals surface area contributed by atoms with Crippen LogP contribution < -0.4 is 0 Å². The molecule has 0 fully saturated rings. The smallest absolute Gasteiger partial charge is 0.258 e. The zero-order chi connectivity index (χ0) is 13.9. The summed E-state index contributed by atoms with van der Waals surface area (Å²) in [6, 6.07) is 5.79. The second-order valence-corrected chi connectivity index (χ2v) is 6.22. The Morgan fingerprint density at radius 2 is 1.67 bits per heavy atom. The molecule has 0 spiro atoms. The van der Waals surface area contributed by atoms with Crippen LogP contribution in [0, 0.1) is 10.1 Å². The Labute approximate surface area is 106 Å². The van der Waals surface area contributed by atoms with Crippen molar-refractivity contribution in [2.75, 3.05) is 21.1 Å². The van der Waals surface area contributed by atoms with Crippen molar-refractivity contribution in [3.05, 3.63) is 39.9 Å². The first-order valence-corrected chi connectivity index (χ1v) is 6.52. The van der Waals surface area contributed by atoms with E-state index in [0.717, 1.165) is 4.31 Å². The fraction of sp³-hybridized carbons (Fsp3) is 0.400. The Bertz CT molecular complexity index is 525. The Balaban J connectivity index is 2.83. The lowest BCUT2D eigenvalue weighted by molar-refractivity contribution is -0.384. The Kier molecular flexibility index (Phi) is 4.38. The highest BCUT2D eigenvalue weighted by molar-refractivity contribution is 7.86. The molecule has 0 amide bonds. The van der Waals surface area contributed by atoms with Gasteiger partial charge in [0.05, 0.1) is 4.92 Å². The number of nitro groups is 1. The lowest BCUT2D eigenvalue weighted by atomic mass is 10.2. The third-order valence-corrected chi connectivity index (χ3v) is 4.25. The summed E-state index contributed by atoms with van der Waals surface area (Å²) in [4.78, 5) is 9.98. The van der Waals surface area contributed by atoms with Crippen LogP contribution in [0.3, 0.4) is 0 Å². The van der Waals surface area contributed by atoms with Crippen molar-refractivity contribution in [2.24, 2.45) is 0 Å². The predicted molar refractivity (Wildman–Crippen MR) is 67.2 cm³/mol. The summed E-state index contributed by atoms with van der Waals surface area (Å²) in [6.07, 6.45) is 0. The summed E-state index contributed by atoms with van der Waals surface area (Å²) in [5.41, 5.74) is 0.672. The quantitative estimate of drug-likeness (QED) is 0.587. The van der Waals surface area contributed by atoms with Gasteiger partial charge in [0.15, 0.2) is 0 Å². The van der Waals surface area contributed by atoms with E-state index < -0.39 is 15.1 Å². The first kappa shape index (κ1) is 14.6. The van der Waals surface area contributed by atoms with Gasteiger partial charge in [-0.15, -0.1) is 0 Å². The van der Waals surface area contributed by atoms with Crippen LogP contribution in [0.2, 0.25) is 0 Å². The van der Waals surface area contributed by atoms with Gasteiger partial charge in [0.25, 0.3) is 15.9 Å². The zero-order valence-corrected chi connectivity index (χ0v) is 11.2. The standard InChI is InChI=1S/C10H15N3O4S/c1-11(2)18(16,17)12(3)8-9-4-6-10(7-5-9)13(14)15/h4-7H,8H2,1-3H3. The SMILES string of the molecule is CN(C)S(=O)(=O)N(C)Cc1ccc([N+](=O)[O-])cc1. The minimum absolute atomic E-state index is 0.0168. The number of hydrogen-bond acceptors (Lipinski definition) is 4. The summed E-state index contributed by atoms with van der Waals surface area (Å²) in [5, 5.41) is 10.5. The molecule has 100 valence electrons. The second kappa shape index (κ2) is 5.42. The molecule has 0 unspecified atom stereocenters. The molecule has 0 heterocycles. The third-order valence-electron chi connectivity index (χ3n) is 2.41. The van der Waals surface area contributed by atoms with E-state index in [1.165, 1.54) is 37.6 Å². The average Bonchev–Trinajstić information content (AvgIpc) is 2.29. The minimum Gasteiger partial charge on any atom is -0.258 e. The molecule has 7 nitrogen and oxygen atoms in total. The van der Waals surface area contributed by atoms with E-state index >= 15 is 0 Å². The van der Waals surface area contributed by atoms with Crippen molar-refractivity contribution in [3.8, 4) is 0 Å². The molecular weight excluding hydrogens is 258 g/mol. The molecule has 8 heteroatoms. The molecule has 18 heavy (non-hydrogen) atoms. The normalized spacial score (nSPS) is 12.1. The minimum atomic E-state index is -3.47. The van der Waals surface area contributed by atoms with Gasteiger partial charge in [-0.05, 0) is 5.56 Å². The average molecular weight is 273 g/mol. The molecule has 0 saturated heterocycles. The molecule has 0 radical (unpaired) electrons. The lowest BCUT2D eigenvalue weighted by Crippen LogP contribution is -2.36. The van der Waals surface area contributed by atoms with Crippen LogP contribution in [0.15, 0.2) is 24.3 Å². The molecule has 0 saturated carbocycles. The fourth-order valence-corrected chi connectivity index (χ4v) is 2.21. The number of nitrogens with zero attached hydrogens (tertiary/aromatic N) is 3. The van der Waals surface area contributed by atoms with Gasteiger partial charge in [-0.25, -0.2) is 0 Å². The number of hydrogen-bond donors (Lipinski definition) is 0. The molecule has 1 rings (SSSR count). The van der Waals surface area contributed by atoms with E-state index in [2.05, 4.69) is 0 Å². The fourth-order valence-electron chi connectivity index (χ4n) is 1.34. The zero-order valence-electron chi connectivity index (χ0n) is 10.4. The van der Waals surface area contributed by atoms with Crippen molar-refractivity contribution in [3.63, 3.8) is 0 Å². The van der Waals surface area contributed by atoms with Crippen LogP contribution >= 0.6 is 0 Å². The summed E-state index contributed by atoms with van der Waals surface area (Å²) < 4.78 is 25.8. The highest BCUT2D eigenvalue weighted by atomic mass is 32.2. The van der Waals surface area contributed by atoms with Gasteiger partial charge in [0, 0.05) is 39.8 Å². The summed E-state index contributed by atoms with van der Waals surface area (Å²) in [5.74, 6) is 0. The maximum Gasteiger partial charge on any atom is 0.281 e. The van der Waals surface area contributed by atoms with Crippen LogP contribution in [0.5, 0.6) is 0 Å². The topological polar surface area (TPSA) is 83.8 Å². The van der Waals surface area contributed by atoms with Gasteiger partial charge in [-0.1, -0.05) is 12.1 Å². The van der Waals surface area contributed by atoms with E-state index in [4.69, 9.17) is 0 Å². The maximum atomic E-state index is 11.8. The Morgan fingerprint density at radius 3 is 2.06 bits per heavy atom. The van der Waals surface area contributed by atoms with E-state index in [0.29, 0.717) is 5.56 Å². The summed E-state index contributed by atoms with van der Waals surface area (Å²) in [7, 11) is 0.879. The highest BCUT2D eigenvalue weighted by Crippen LogP contribution is 2.14. The summed E-state index contributed by atoms with van der Waals surface area (Å²) in [6.45, 7) is 0.165. The number of benzene rings is 1. The second-order valence-electron chi connectivity index (χ2n) is 3.97. The molecule has 0 aromatic heterocycles. The number of rotatable bonds is 5. The lowest BCUT2D eigenvalue weighted by Gasteiger charge is -2.21. The molecule has 0 aliphatic carbocycles. The van der Waals surface area contributed by atoms with Crippen molar-refractivity contribution in [2.45, 2.75) is 6.54 Å². The van der Waals surface area contributed by atoms with Crippen LogP contribution in [0.4, 0.5) is 5.69 Å². The van der Waals surface area contributed by atoms with E-state index in [-0.39, 0.29) is 12.2 Å². The van der Waals surface area contributed by atoms with Crippen LogP contribution in [-0.2, 0) is 16.8 Å². The molecule has 1 aromatic carbocycles. The first-order chi connectivity index (χ1) is 8.25. The largest absolute Gasteiger partial charge is 0.281 e. The van der Waals surface area contributed by atoms with Gasteiger partial charge in [0.2, 0.25) is 0 Å². The van der Waals surface area contributed by atoms with E-state index in [1.54, 1.807) is 12.1 Å².